The summed E-state index contributed by atoms with van der Waals surface area (Å²) in [5.41, 5.74) is 10.1. The van der Waals surface area contributed by atoms with Crippen LogP contribution in [0.5, 0.6) is 34.5 Å². The number of anilines is 15. The van der Waals surface area contributed by atoms with Gasteiger partial charge < -0.3 is 90.5 Å². The summed E-state index contributed by atoms with van der Waals surface area (Å²) in [5.74, 6) is -0.124. The smallest absolute Gasteiger partial charge is 0.412 e. The largest absolute Gasteiger partial charge is 0.504 e. The lowest BCUT2D eigenvalue weighted by atomic mass is 10.2. The van der Waals surface area contributed by atoms with E-state index >= 15 is 0 Å². The Hall–Kier alpha value is -12.9. The van der Waals surface area contributed by atoms with E-state index in [2.05, 4.69) is 79.0 Å². The first-order valence-electron chi connectivity index (χ1n) is 33.5. The molecule has 0 saturated carbocycles. The number of phenols is 2. The molecule has 7 aromatic carbocycles. The Kier molecular flexibility index (Phi) is 32.5. The molecular weight excluding hydrogens is 1450 g/mol. The van der Waals surface area contributed by atoms with Crippen molar-refractivity contribution in [2.45, 2.75) is 59.4 Å². The van der Waals surface area contributed by atoms with Gasteiger partial charge in [0.25, 0.3) is 0 Å². The van der Waals surface area contributed by atoms with Gasteiger partial charge in [-0.2, -0.15) is 15.0 Å². The van der Waals surface area contributed by atoms with Crippen LogP contribution in [0.3, 0.4) is 0 Å². The number of ether oxygens (including phenoxy) is 9. The fraction of sp³-hybridized carbons (Fsp3) is 0.234. The number of hydrogen-bond acceptors (Lipinski definition) is 27. The number of phenolic OH excluding ortho intramolecular Hbond substituents is 2. The molecule has 0 aliphatic carbocycles. The summed E-state index contributed by atoms with van der Waals surface area (Å²) in [7, 11) is 4.72. The third-order valence-corrected chi connectivity index (χ3v) is 13.7. The van der Waals surface area contributed by atoms with Crippen molar-refractivity contribution in [1.29, 1.82) is 0 Å². The SMILES string of the molecule is C=CC(=O)Cl.COCCOc1ccc(Nc2ncc(F)c(Nc3cccc(N)c3)n2)cc1O.COCCOc1ccc(Nc2ncc(F)c(Nc3cccc(NC(=O)OC(C)(C)C)c3)n2)cc1O.COCCOc1ccc(Nc2ncc(F)c(Nc3cccc(NC(=O)OC(C)(C)C)c3)n2)cc1OCc1ccccc1. The van der Waals surface area contributed by atoms with E-state index in [4.69, 9.17) is 60.0 Å². The number of carbonyl (C=O) groups excluding carboxylic acids is 3. The molecule has 3 heterocycles. The molecule has 0 spiro atoms. The Balaban J connectivity index is 0.000000226. The molecule has 0 saturated heterocycles. The Morgan fingerprint density at radius 2 is 0.800 bits per heavy atom. The minimum atomic E-state index is -0.675. The number of amides is 2. The Bertz CT molecular complexity index is 4660. The molecule has 0 aliphatic rings. The van der Waals surface area contributed by atoms with Crippen molar-refractivity contribution in [3.05, 3.63) is 212 Å². The molecular formula is C77H85ClF3N15O14. The summed E-state index contributed by atoms with van der Waals surface area (Å²) in [4.78, 5) is 58.1. The topological polar surface area (TPSA) is 374 Å². The molecule has 2 amide bonds. The van der Waals surface area contributed by atoms with Crippen molar-refractivity contribution in [1.82, 2.24) is 29.9 Å². The molecule has 0 radical (unpaired) electrons. The predicted molar refractivity (Wildman–Crippen MR) is 416 cm³/mol. The van der Waals surface area contributed by atoms with Crippen molar-refractivity contribution in [3.8, 4) is 34.5 Å². The van der Waals surface area contributed by atoms with Gasteiger partial charge in [-0.1, -0.05) is 55.1 Å². The zero-order valence-corrected chi connectivity index (χ0v) is 62.3. The molecule has 0 atom stereocenters. The summed E-state index contributed by atoms with van der Waals surface area (Å²) in [6, 6.07) is 44.8. The van der Waals surface area contributed by atoms with E-state index in [1.807, 2.05) is 30.3 Å². The van der Waals surface area contributed by atoms with Crippen molar-refractivity contribution in [3.63, 3.8) is 0 Å². The lowest BCUT2D eigenvalue weighted by molar-refractivity contribution is -0.107. The number of nitrogen functional groups attached to an aromatic ring is 1. The zero-order valence-electron chi connectivity index (χ0n) is 61.5. The van der Waals surface area contributed by atoms with Gasteiger partial charge in [-0.05, 0) is 156 Å². The third-order valence-electron chi connectivity index (χ3n) is 13.6. The Morgan fingerprint density at radius 1 is 0.445 bits per heavy atom. The van der Waals surface area contributed by atoms with Crippen LogP contribution in [-0.4, -0.2) is 130 Å². The monoisotopic (exact) mass is 1540 g/mol. The van der Waals surface area contributed by atoms with E-state index < -0.39 is 46.1 Å². The molecule has 29 nitrogen and oxygen atoms in total. The number of nitrogens with two attached hydrogens (primary N) is 1. The maximum Gasteiger partial charge on any atom is 0.412 e. The average Bonchev–Trinajstić information content (AvgIpc) is 0.840. The van der Waals surface area contributed by atoms with Gasteiger partial charge in [-0.25, -0.2) is 37.7 Å². The quantitative estimate of drug-likeness (QED) is 0.00862. The van der Waals surface area contributed by atoms with E-state index in [1.54, 1.807) is 178 Å². The maximum atomic E-state index is 14.7. The molecule has 110 heavy (non-hydrogen) atoms. The second-order valence-corrected chi connectivity index (χ2v) is 25.2. The Morgan fingerprint density at radius 3 is 1.17 bits per heavy atom. The van der Waals surface area contributed by atoms with Crippen LogP contribution in [0.15, 0.2) is 189 Å². The minimum absolute atomic E-state index is 0.00755. The van der Waals surface area contributed by atoms with Gasteiger partial charge in [0.05, 0.1) is 38.4 Å². The maximum absolute atomic E-state index is 14.7. The zero-order chi connectivity index (χ0) is 79.6. The summed E-state index contributed by atoms with van der Waals surface area (Å²) in [5, 5.41) is 42.6. The van der Waals surface area contributed by atoms with Crippen molar-refractivity contribution in [2.75, 3.05) is 109 Å². The number of nitrogens with one attached hydrogen (secondary N) is 8. The number of halogens is 4. The summed E-state index contributed by atoms with van der Waals surface area (Å²) < 4.78 is 91.2. The van der Waals surface area contributed by atoms with Gasteiger partial charge in [0, 0.05) is 90.7 Å². The third kappa shape index (κ3) is 30.2. The number of aromatic hydroxyl groups is 2. The molecule has 0 bridgehead atoms. The van der Waals surface area contributed by atoms with Gasteiger partial charge in [0.2, 0.25) is 23.1 Å². The molecule has 33 heteroatoms. The number of methoxy groups -OCH3 is 3. The van der Waals surface area contributed by atoms with Crippen LogP contribution < -0.4 is 67.2 Å². The highest BCUT2D eigenvalue weighted by molar-refractivity contribution is 6.66. The summed E-state index contributed by atoms with van der Waals surface area (Å²) in [6.07, 6.45) is 2.97. The molecule has 12 N–H and O–H groups in total. The van der Waals surface area contributed by atoms with E-state index in [1.165, 1.54) is 12.1 Å². The number of hydrogen-bond donors (Lipinski definition) is 11. The number of carbonyl (C=O) groups is 3. The van der Waals surface area contributed by atoms with Crippen LogP contribution in [0, 0.1) is 17.5 Å². The summed E-state index contributed by atoms with van der Waals surface area (Å²) >= 11 is 4.71. The normalized spacial score (nSPS) is 10.7. The molecule has 0 fully saturated rings. The van der Waals surface area contributed by atoms with Crippen LogP contribution >= 0.6 is 11.6 Å². The van der Waals surface area contributed by atoms with Gasteiger partial charge in [-0.15, -0.1) is 0 Å². The second kappa shape index (κ2) is 42.4. The fourth-order valence-electron chi connectivity index (χ4n) is 8.84. The number of rotatable bonds is 30. The lowest BCUT2D eigenvalue weighted by Crippen LogP contribution is -2.27. The van der Waals surface area contributed by atoms with E-state index in [0.717, 1.165) is 30.2 Å². The van der Waals surface area contributed by atoms with Gasteiger partial charge in [0.15, 0.2) is 69.4 Å². The van der Waals surface area contributed by atoms with Crippen LogP contribution in [-0.2, 0) is 35.1 Å². The predicted octanol–water partition coefficient (Wildman–Crippen LogP) is 16.6. The molecule has 0 unspecified atom stereocenters. The summed E-state index contributed by atoms with van der Waals surface area (Å²) in [6.45, 7) is 16.2. The molecule has 10 rings (SSSR count). The highest BCUT2D eigenvalue weighted by Crippen LogP contribution is 2.35. The molecule has 3 aromatic heterocycles. The van der Waals surface area contributed by atoms with Crippen LogP contribution in [0.2, 0.25) is 0 Å². The molecule has 10 aromatic rings. The number of benzene rings is 7. The van der Waals surface area contributed by atoms with Crippen LogP contribution in [0.1, 0.15) is 47.1 Å². The second-order valence-electron chi connectivity index (χ2n) is 24.8. The average molecular weight is 1540 g/mol. The van der Waals surface area contributed by atoms with Gasteiger partial charge >= 0.3 is 12.2 Å². The standard InChI is InChI=1S/C31H34FN5O5.C24H28FN5O5.C19H20FN5O3.C3H3ClO/c1-31(2,3)42-30(38)36-23-12-8-11-22(17-23)34-28-25(32)19-33-29(37-28)35-24-13-14-26(40-16-15-39-4)27(18-24)41-20-21-9-6-5-7-10-21;1-24(2,3)35-23(32)29-16-7-5-6-15(12-16)27-21-18(25)14-26-22(30-21)28-17-8-9-20(19(31)13-17)34-11-10-33-4;1-27-7-8-28-17-6-5-14(10-16(17)26)24-19-22-11-15(20)18(25-19)23-13-4-2-3-12(21)9-13;1-2-3(4)5/h5-14,17-19H,15-16,20H2,1-4H3,(H,36,38)(H2,33,34,35,37);5-9,12-14,31H,10-11H2,1-4H3,(H,29,32)(H2,26,27,28,30);2-6,9-11,26H,7-8,21H2,1H3,(H2,22,23,24,25);2H,1H2. The molecule has 580 valence electrons. The number of allylic oxidation sites excluding steroid dienone is 1. The molecule has 0 aliphatic heterocycles. The van der Waals surface area contributed by atoms with Crippen molar-refractivity contribution in [2.24, 2.45) is 0 Å². The number of nitrogens with zero attached hydrogens (tertiary/aromatic N) is 6. The van der Waals surface area contributed by atoms with Crippen molar-refractivity contribution >= 4 is 116 Å². The van der Waals surface area contributed by atoms with E-state index in [9.17, 15) is 37.8 Å². The van der Waals surface area contributed by atoms with Gasteiger partial charge in [0.1, 0.15) is 37.6 Å². The highest BCUT2D eigenvalue weighted by atomic mass is 35.5. The van der Waals surface area contributed by atoms with Gasteiger partial charge in [-0.3, -0.25) is 15.4 Å². The lowest BCUT2D eigenvalue weighted by Gasteiger charge is -2.20. The van der Waals surface area contributed by atoms with Crippen LogP contribution in [0.25, 0.3) is 0 Å². The fourth-order valence-corrected chi connectivity index (χ4v) is 8.84. The number of aromatic nitrogens is 6. The Labute approximate surface area is 638 Å². The minimum Gasteiger partial charge on any atom is -0.504 e. The first-order chi connectivity index (χ1) is 52.6. The first kappa shape index (κ1) is 84.4. The van der Waals surface area contributed by atoms with E-state index in [-0.39, 0.29) is 46.8 Å². The van der Waals surface area contributed by atoms with E-state index in [0.29, 0.717) is 120 Å². The van der Waals surface area contributed by atoms with Crippen LogP contribution in [0.4, 0.5) is 109 Å². The first-order valence-corrected chi connectivity index (χ1v) is 33.9. The highest BCUT2D eigenvalue weighted by Gasteiger charge is 2.20. The van der Waals surface area contributed by atoms with Crippen molar-refractivity contribution < 1.29 is 80.4 Å².